The van der Waals surface area contributed by atoms with Gasteiger partial charge >= 0.3 is 5.69 Å². The molecule has 15 nitrogen and oxygen atoms in total. The third kappa shape index (κ3) is 7.93. The van der Waals surface area contributed by atoms with Crippen LogP contribution in [0, 0.1) is 5.82 Å². The minimum atomic E-state index is -0.996. The third-order valence-electron chi connectivity index (χ3n) is 7.40. The van der Waals surface area contributed by atoms with Gasteiger partial charge in [-0.1, -0.05) is 0 Å². The largest absolute Gasteiger partial charge is 0.507 e. The van der Waals surface area contributed by atoms with Gasteiger partial charge in [-0.25, -0.2) is 4.79 Å². The number of rotatable bonds is 9. The molecule has 2 aromatic heterocycles. The van der Waals surface area contributed by atoms with E-state index in [2.05, 4.69) is 20.7 Å². The number of benzene rings is 3. The number of nitrogens with one attached hydrogen (secondary N) is 4. The molecule has 1 fully saturated rings. The monoisotopic (exact) mass is 701 g/mol. The average molecular weight is 703 g/mol. The fourth-order valence-electron chi connectivity index (χ4n) is 5.36. The number of fused-ring (bicyclic) bond motifs is 2. The lowest BCUT2D eigenvalue weighted by Gasteiger charge is -2.11. The van der Waals surface area contributed by atoms with Crippen LogP contribution >= 0.6 is 24.8 Å². The van der Waals surface area contributed by atoms with Crippen molar-refractivity contribution in [3.8, 4) is 11.5 Å². The summed E-state index contributed by atoms with van der Waals surface area (Å²) in [6, 6.07) is 6.35. The highest BCUT2D eigenvalue weighted by molar-refractivity contribution is 6.23. The Hall–Kier alpha value is -4.03. The molecule has 0 saturated carbocycles. The molecule has 1 aliphatic heterocycles. The zero-order valence-corrected chi connectivity index (χ0v) is 27.0. The zero-order chi connectivity index (χ0) is 31.4. The first-order valence-electron chi connectivity index (χ1n) is 14.2. The average Bonchev–Trinajstić information content (AvgIpc) is 3.67. The van der Waals surface area contributed by atoms with E-state index in [-0.39, 0.29) is 64.6 Å². The first kappa shape index (κ1) is 39.1. The molecule has 5 aromatic rings. The fraction of sp³-hybridized carbons (Fsp3) is 0.379. The number of nitrogens with zero attached hydrogens (tertiary/aromatic N) is 3. The number of halogens is 3. The molecule has 3 heterocycles. The summed E-state index contributed by atoms with van der Waals surface area (Å²) in [5.41, 5.74) is -0.543. The van der Waals surface area contributed by atoms with Crippen molar-refractivity contribution in [2.24, 2.45) is 4.99 Å². The van der Waals surface area contributed by atoms with E-state index in [0.29, 0.717) is 67.4 Å². The molecular weight excluding hydrogens is 664 g/mol. The Kier molecular flexibility index (Phi) is 14.3. The molecule has 0 radical (unpaired) electrons. The predicted octanol–water partition coefficient (Wildman–Crippen LogP) is 0.191. The Morgan fingerprint density at radius 2 is 1.81 bits per heavy atom. The number of likely N-dealkylation sites (N-methyl/N-ethyl adjacent to an activating group) is 1. The van der Waals surface area contributed by atoms with Crippen molar-refractivity contribution in [2.45, 2.75) is 25.6 Å². The van der Waals surface area contributed by atoms with Gasteiger partial charge in [0, 0.05) is 31.6 Å². The highest BCUT2D eigenvalue weighted by Crippen LogP contribution is 2.41. The van der Waals surface area contributed by atoms with Gasteiger partial charge in [-0.3, -0.25) is 33.9 Å². The summed E-state index contributed by atoms with van der Waals surface area (Å²) in [6.45, 7) is 3.47. The van der Waals surface area contributed by atoms with Gasteiger partial charge in [0.25, 0.3) is 5.56 Å². The van der Waals surface area contributed by atoms with Crippen LogP contribution in [-0.4, -0.2) is 86.6 Å². The van der Waals surface area contributed by atoms with E-state index >= 15 is 0 Å². The normalized spacial score (nSPS) is 14.4. The second-order valence-electron chi connectivity index (χ2n) is 10.2. The van der Waals surface area contributed by atoms with Crippen LogP contribution in [0.15, 0.2) is 49.8 Å². The van der Waals surface area contributed by atoms with E-state index in [0.717, 1.165) is 22.7 Å². The van der Waals surface area contributed by atoms with Gasteiger partial charge in [0.05, 0.1) is 58.4 Å². The molecular formula is C29H38Cl2FN7O8. The van der Waals surface area contributed by atoms with Crippen LogP contribution in [0.2, 0.25) is 0 Å². The van der Waals surface area contributed by atoms with E-state index in [1.807, 2.05) is 28.8 Å². The van der Waals surface area contributed by atoms with Gasteiger partial charge in [0.15, 0.2) is 5.43 Å². The third-order valence-corrected chi connectivity index (χ3v) is 7.40. The summed E-state index contributed by atoms with van der Waals surface area (Å²) in [5, 5.41) is 42.1. The molecule has 0 aliphatic carbocycles. The van der Waals surface area contributed by atoms with Crippen LogP contribution in [0.1, 0.15) is 19.1 Å². The number of hydrogen-bond donors (Lipinski definition) is 7. The van der Waals surface area contributed by atoms with Crippen molar-refractivity contribution in [3.05, 3.63) is 72.7 Å². The lowest BCUT2D eigenvalue weighted by Crippen LogP contribution is -2.33. The van der Waals surface area contributed by atoms with Crippen LogP contribution in [0.4, 0.5) is 4.39 Å². The highest BCUT2D eigenvalue weighted by Gasteiger charge is 2.22. The van der Waals surface area contributed by atoms with Gasteiger partial charge < -0.3 is 36.2 Å². The number of aromatic amines is 2. The van der Waals surface area contributed by atoms with Crippen molar-refractivity contribution in [3.63, 3.8) is 0 Å². The molecule has 258 valence electrons. The van der Waals surface area contributed by atoms with Gasteiger partial charge in [0.1, 0.15) is 17.7 Å². The standard InChI is InChI=1S/C21H25N5O4.C8H9FN2O3.2ClH.H2O/c1-22-6-7-24-12-2-3-13-17-16(12)21(30)19-15(29)5-4-14(28)18(19)20(17)25-26(13)10-8-23-9-11-27;9-5-4-11(6-2-1-3-14-6)8(13)10-7(5)12;;;/h2-5,22-23,25,27,29-30H,6-11H2,1H3;4,6H,1-3H2,(H,10,12,13);2*1H;1H2. The second-order valence-corrected chi connectivity index (χ2v) is 10.2. The minimum absolute atomic E-state index is 0. The van der Waals surface area contributed by atoms with Gasteiger partial charge in [-0.2, -0.15) is 4.39 Å². The summed E-state index contributed by atoms with van der Waals surface area (Å²) in [5.74, 6) is -1.28. The molecule has 1 atom stereocenters. The van der Waals surface area contributed by atoms with Crippen LogP contribution in [0.3, 0.4) is 0 Å². The first-order chi connectivity index (χ1) is 21.3. The molecule has 1 saturated heterocycles. The summed E-state index contributed by atoms with van der Waals surface area (Å²) in [6.07, 6.45) is 1.93. The van der Waals surface area contributed by atoms with Gasteiger partial charge in [-0.05, 0) is 44.2 Å². The summed E-state index contributed by atoms with van der Waals surface area (Å²) in [4.78, 5) is 41.1. The van der Waals surface area contributed by atoms with Crippen LogP contribution in [-0.2, 0) is 11.3 Å². The van der Waals surface area contributed by atoms with Crippen LogP contribution in [0.5, 0.6) is 11.5 Å². The molecule has 1 aliphatic rings. The number of phenols is 2. The Balaban J connectivity index is 0.000000383. The van der Waals surface area contributed by atoms with Gasteiger partial charge in [0.2, 0.25) is 5.82 Å². The Bertz CT molecular complexity index is 2040. The number of aromatic hydroxyl groups is 2. The Morgan fingerprint density at radius 3 is 2.49 bits per heavy atom. The molecule has 0 bridgehead atoms. The van der Waals surface area contributed by atoms with Crippen LogP contribution in [0.25, 0.3) is 32.6 Å². The van der Waals surface area contributed by atoms with Crippen molar-refractivity contribution in [2.75, 3.05) is 46.4 Å². The fourth-order valence-corrected chi connectivity index (χ4v) is 5.36. The highest BCUT2D eigenvalue weighted by atomic mass is 35.5. The van der Waals surface area contributed by atoms with E-state index in [9.17, 15) is 29.0 Å². The molecule has 47 heavy (non-hydrogen) atoms. The second kappa shape index (κ2) is 17.2. The molecule has 0 amide bonds. The number of ether oxygens (including phenoxy) is 1. The van der Waals surface area contributed by atoms with E-state index < -0.39 is 23.3 Å². The topological polar surface area (TPSA) is 230 Å². The minimum Gasteiger partial charge on any atom is -0.507 e. The van der Waals surface area contributed by atoms with Crippen molar-refractivity contribution < 1.29 is 29.9 Å². The lowest BCUT2D eigenvalue weighted by atomic mass is 9.99. The summed E-state index contributed by atoms with van der Waals surface area (Å²) < 4.78 is 21.0. The van der Waals surface area contributed by atoms with Crippen LogP contribution < -0.4 is 32.7 Å². The molecule has 6 rings (SSSR count). The first-order valence-corrected chi connectivity index (χ1v) is 14.2. The maximum absolute atomic E-state index is 12.9. The number of aliphatic hydroxyl groups excluding tert-OH is 1. The lowest BCUT2D eigenvalue weighted by molar-refractivity contribution is 0.0517. The number of H-pyrrole nitrogens is 2. The number of aromatic nitrogens is 4. The number of phenolic OH excluding ortho intramolecular Hbond substituents is 2. The van der Waals surface area contributed by atoms with E-state index in [1.54, 1.807) is 0 Å². The zero-order valence-electron chi connectivity index (χ0n) is 25.3. The quantitative estimate of drug-likeness (QED) is 0.0820. The van der Waals surface area contributed by atoms with E-state index in [4.69, 9.17) is 9.84 Å². The number of hydrogen-bond acceptors (Lipinski definition) is 10. The summed E-state index contributed by atoms with van der Waals surface area (Å²) in [7, 11) is 1.84. The summed E-state index contributed by atoms with van der Waals surface area (Å²) >= 11 is 0. The van der Waals surface area contributed by atoms with Gasteiger partial charge in [-0.15, -0.1) is 24.8 Å². The maximum Gasteiger partial charge on any atom is 0.330 e. The Morgan fingerprint density at radius 1 is 1.04 bits per heavy atom. The molecule has 9 N–H and O–H groups in total. The van der Waals surface area contributed by atoms with Crippen molar-refractivity contribution in [1.82, 2.24) is 30.0 Å². The molecule has 0 spiro atoms. The smallest absolute Gasteiger partial charge is 0.330 e. The van der Waals surface area contributed by atoms with Crippen molar-refractivity contribution >= 4 is 57.4 Å². The predicted molar refractivity (Wildman–Crippen MR) is 180 cm³/mol. The Labute approximate surface area is 278 Å². The SMILES string of the molecule is CNCCN=c1ccc2c3c1c(O)c1c(O)ccc(=O)c1c3[nH]n2CCNCCO.Cl.Cl.O.O=c1[nH]c(=O)n(C2CCCO2)cc1F. The van der Waals surface area contributed by atoms with Crippen molar-refractivity contribution in [1.29, 1.82) is 0 Å². The number of aliphatic hydroxyl groups is 1. The maximum atomic E-state index is 12.9. The molecule has 3 aromatic carbocycles. The van der Waals surface area contributed by atoms with E-state index in [1.165, 1.54) is 12.1 Å². The molecule has 1 unspecified atom stereocenters. The molecule has 18 heteroatoms.